The normalized spacial score (nSPS) is 17.6. The lowest BCUT2D eigenvalue weighted by molar-refractivity contribution is -0.117. The molecule has 1 heterocycles. The van der Waals surface area contributed by atoms with Crippen LogP contribution >= 0.6 is 11.6 Å². The van der Waals surface area contributed by atoms with Crippen molar-refractivity contribution in [3.63, 3.8) is 0 Å². The van der Waals surface area contributed by atoms with Crippen molar-refractivity contribution < 1.29 is 19.1 Å². The predicted octanol–water partition coefficient (Wildman–Crippen LogP) is 5.72. The zero-order chi connectivity index (χ0) is 23.0. The fourth-order valence-electron chi connectivity index (χ4n) is 4.30. The summed E-state index contributed by atoms with van der Waals surface area (Å²) in [5, 5.41) is 10.0. The van der Waals surface area contributed by atoms with Crippen molar-refractivity contribution >= 4 is 34.8 Å². The minimum atomic E-state index is -0.850. The maximum atomic E-state index is 13.9. The van der Waals surface area contributed by atoms with Crippen LogP contribution in [0.25, 0.3) is 0 Å². The highest BCUT2D eigenvalue weighted by molar-refractivity contribution is 6.30. The van der Waals surface area contributed by atoms with Crippen LogP contribution in [0.2, 0.25) is 5.02 Å². The van der Waals surface area contributed by atoms with E-state index in [4.69, 9.17) is 11.6 Å². The molecule has 0 bridgehead atoms. The fourth-order valence-corrected chi connectivity index (χ4v) is 4.42. The summed E-state index contributed by atoms with van der Waals surface area (Å²) in [6.07, 6.45) is 0.492. The highest BCUT2D eigenvalue weighted by Crippen LogP contribution is 2.43. The van der Waals surface area contributed by atoms with Crippen molar-refractivity contribution in [2.24, 2.45) is 0 Å². The molecule has 4 rings (SSSR count). The Bertz CT molecular complexity index is 1180. The van der Waals surface area contributed by atoms with E-state index in [1.165, 1.54) is 19.1 Å². The van der Waals surface area contributed by atoms with Gasteiger partial charge in [0.15, 0.2) is 11.6 Å². The van der Waals surface area contributed by atoms with Crippen LogP contribution < -0.4 is 9.80 Å². The van der Waals surface area contributed by atoms with E-state index in [1.807, 2.05) is 31.2 Å². The van der Waals surface area contributed by atoms with Crippen LogP contribution in [-0.4, -0.2) is 23.0 Å². The monoisotopic (exact) mass is 452 g/mol. The number of phenolic OH excluding ortho intramolecular Hbond substituents is 1. The van der Waals surface area contributed by atoms with Crippen molar-refractivity contribution in [1.82, 2.24) is 0 Å². The first-order valence-corrected chi connectivity index (χ1v) is 10.6. The molecule has 0 radical (unpaired) electrons. The summed E-state index contributed by atoms with van der Waals surface area (Å²) in [5.41, 5.74) is 2.34. The number of hydrogen-bond donors (Lipinski definition) is 1. The van der Waals surface area contributed by atoms with Crippen molar-refractivity contribution in [1.29, 1.82) is 0 Å². The lowest BCUT2D eigenvalue weighted by Gasteiger charge is -2.43. The third-order valence-electron chi connectivity index (χ3n) is 5.73. The van der Waals surface area contributed by atoms with E-state index in [0.717, 1.165) is 11.6 Å². The van der Waals surface area contributed by atoms with E-state index < -0.39 is 11.6 Å². The quantitative estimate of drug-likeness (QED) is 0.553. The van der Waals surface area contributed by atoms with Crippen molar-refractivity contribution in [3.05, 3.63) is 88.7 Å². The van der Waals surface area contributed by atoms with Gasteiger partial charge in [0.2, 0.25) is 5.91 Å². The zero-order valence-corrected chi connectivity index (χ0v) is 18.4. The van der Waals surface area contributed by atoms with Gasteiger partial charge >= 0.3 is 0 Å². The molecule has 164 valence electrons. The highest BCUT2D eigenvalue weighted by atomic mass is 35.5. The number of halogens is 2. The number of rotatable bonds is 3. The maximum absolute atomic E-state index is 13.9. The topological polar surface area (TPSA) is 60.9 Å². The Hall–Kier alpha value is -3.38. The number of anilines is 2. The molecule has 5 nitrogen and oxygen atoms in total. The molecular formula is C25H22ClFN2O3. The average molecular weight is 453 g/mol. The zero-order valence-electron chi connectivity index (χ0n) is 17.6. The Balaban J connectivity index is 1.78. The SMILES string of the molecule is CC(=O)N(c1ccc(Cl)cc1)C1CC(C)N(C(=O)c2ccc(O)c(F)c2)c2ccccc21. The van der Waals surface area contributed by atoms with E-state index in [0.29, 0.717) is 22.8 Å². The Labute approximate surface area is 190 Å². The summed E-state index contributed by atoms with van der Waals surface area (Å²) in [6.45, 7) is 3.41. The van der Waals surface area contributed by atoms with E-state index in [-0.39, 0.29) is 29.5 Å². The Morgan fingerprint density at radius 1 is 1.09 bits per heavy atom. The molecule has 0 aliphatic carbocycles. The molecular weight excluding hydrogens is 431 g/mol. The Morgan fingerprint density at radius 3 is 2.44 bits per heavy atom. The second-order valence-electron chi connectivity index (χ2n) is 7.87. The first-order valence-electron chi connectivity index (χ1n) is 10.2. The molecule has 0 spiro atoms. The average Bonchev–Trinajstić information content (AvgIpc) is 2.76. The standard InChI is InChI=1S/C25H22ClFN2O3/c1-15-13-23(29(16(2)30)19-10-8-18(26)9-11-19)20-5-3-4-6-22(20)28(15)25(32)17-7-12-24(31)21(27)14-17/h3-12,14-15,23,31H,13H2,1-2H3. The first-order chi connectivity index (χ1) is 15.3. The molecule has 3 aromatic carbocycles. The van der Waals surface area contributed by atoms with E-state index in [9.17, 15) is 19.1 Å². The molecule has 32 heavy (non-hydrogen) atoms. The number of aromatic hydroxyl groups is 1. The first kappa shape index (κ1) is 21.8. The molecule has 2 unspecified atom stereocenters. The molecule has 2 amide bonds. The van der Waals surface area contributed by atoms with Gasteiger partial charge in [0.1, 0.15) is 0 Å². The van der Waals surface area contributed by atoms with Crippen molar-refractivity contribution in [2.45, 2.75) is 32.4 Å². The summed E-state index contributed by atoms with van der Waals surface area (Å²) < 4.78 is 13.9. The lowest BCUT2D eigenvalue weighted by Crippen LogP contribution is -2.47. The number of amides is 2. The number of fused-ring (bicyclic) bond motifs is 1. The minimum absolute atomic E-state index is 0.125. The minimum Gasteiger partial charge on any atom is -0.505 e. The predicted molar refractivity (Wildman–Crippen MR) is 123 cm³/mol. The molecule has 2 atom stereocenters. The van der Waals surface area contributed by atoms with Gasteiger partial charge in [0, 0.05) is 34.9 Å². The highest BCUT2D eigenvalue weighted by Gasteiger charge is 2.38. The summed E-state index contributed by atoms with van der Waals surface area (Å²) in [7, 11) is 0. The van der Waals surface area contributed by atoms with Crippen LogP contribution in [0, 0.1) is 5.82 Å². The van der Waals surface area contributed by atoms with Gasteiger partial charge < -0.3 is 14.9 Å². The van der Waals surface area contributed by atoms with E-state index in [1.54, 1.807) is 34.1 Å². The van der Waals surface area contributed by atoms with Gasteiger partial charge in [-0.3, -0.25) is 9.59 Å². The summed E-state index contributed by atoms with van der Waals surface area (Å²) in [5.74, 6) is -1.85. The van der Waals surface area contributed by atoms with Gasteiger partial charge in [-0.1, -0.05) is 29.8 Å². The third-order valence-corrected chi connectivity index (χ3v) is 5.98. The van der Waals surface area contributed by atoms with Gasteiger partial charge in [0.05, 0.1) is 6.04 Å². The second kappa shape index (κ2) is 8.63. The van der Waals surface area contributed by atoms with Crippen LogP contribution in [0.1, 0.15) is 42.2 Å². The number of benzene rings is 3. The van der Waals surface area contributed by atoms with Crippen LogP contribution in [0.3, 0.4) is 0 Å². The summed E-state index contributed by atoms with van der Waals surface area (Å²) >= 11 is 6.03. The third kappa shape index (κ3) is 3.94. The number of carbonyl (C=O) groups is 2. The molecule has 0 saturated heterocycles. The molecule has 7 heteroatoms. The summed E-state index contributed by atoms with van der Waals surface area (Å²) in [4.78, 5) is 29.4. The molecule has 1 N–H and O–H groups in total. The number of carbonyl (C=O) groups excluding carboxylic acids is 2. The van der Waals surface area contributed by atoms with Crippen LogP contribution in [0.4, 0.5) is 15.8 Å². The largest absolute Gasteiger partial charge is 0.505 e. The van der Waals surface area contributed by atoms with Gasteiger partial charge in [0.25, 0.3) is 5.91 Å². The van der Waals surface area contributed by atoms with Gasteiger partial charge in [-0.2, -0.15) is 0 Å². The molecule has 3 aromatic rings. The van der Waals surface area contributed by atoms with E-state index in [2.05, 4.69) is 0 Å². The Kier molecular flexibility index (Phi) is 5.89. The number of para-hydroxylation sites is 1. The number of nitrogens with zero attached hydrogens (tertiary/aromatic N) is 2. The number of phenols is 1. The maximum Gasteiger partial charge on any atom is 0.258 e. The lowest BCUT2D eigenvalue weighted by atomic mass is 9.89. The second-order valence-corrected chi connectivity index (χ2v) is 8.30. The smallest absolute Gasteiger partial charge is 0.258 e. The molecule has 1 aliphatic heterocycles. The molecule has 1 aliphatic rings. The fraction of sp³-hybridized carbons (Fsp3) is 0.200. The van der Waals surface area contributed by atoms with Crippen LogP contribution in [-0.2, 0) is 4.79 Å². The van der Waals surface area contributed by atoms with Crippen molar-refractivity contribution in [2.75, 3.05) is 9.80 Å². The molecule has 0 fully saturated rings. The van der Waals surface area contributed by atoms with Crippen molar-refractivity contribution in [3.8, 4) is 5.75 Å². The molecule has 0 aromatic heterocycles. The van der Waals surface area contributed by atoms with Gasteiger partial charge in [-0.05, 0) is 67.4 Å². The van der Waals surface area contributed by atoms with Gasteiger partial charge in [-0.25, -0.2) is 4.39 Å². The molecule has 0 saturated carbocycles. The van der Waals surface area contributed by atoms with Crippen LogP contribution in [0.5, 0.6) is 5.75 Å². The Morgan fingerprint density at radius 2 is 1.78 bits per heavy atom. The number of hydrogen-bond acceptors (Lipinski definition) is 3. The summed E-state index contributed by atoms with van der Waals surface area (Å²) in [6, 6.07) is 17.5. The van der Waals surface area contributed by atoms with E-state index >= 15 is 0 Å². The van der Waals surface area contributed by atoms with Gasteiger partial charge in [-0.15, -0.1) is 0 Å². The van der Waals surface area contributed by atoms with Crippen LogP contribution in [0.15, 0.2) is 66.7 Å².